The van der Waals surface area contributed by atoms with Crippen LogP contribution in [0.15, 0.2) is 36.4 Å². The normalized spacial score (nSPS) is 10.1. The Morgan fingerprint density at radius 1 is 1.30 bits per heavy atom. The van der Waals surface area contributed by atoms with Crippen molar-refractivity contribution in [3.05, 3.63) is 47.0 Å². The third-order valence-corrected chi connectivity index (χ3v) is 2.93. The highest BCUT2D eigenvalue weighted by molar-refractivity contribution is 6.31. The molecule has 0 saturated heterocycles. The number of phenols is 1. The van der Waals surface area contributed by atoms with Crippen LogP contribution in [-0.2, 0) is 0 Å². The molecular weight excluding hydrogens is 280 g/mol. The van der Waals surface area contributed by atoms with Crippen molar-refractivity contribution in [2.75, 3.05) is 18.2 Å². The molecule has 2 aromatic rings. The summed E-state index contributed by atoms with van der Waals surface area (Å²) in [5.41, 5.74) is 6.74. The summed E-state index contributed by atoms with van der Waals surface area (Å²) in [6, 6.07) is 9.10. The van der Waals surface area contributed by atoms with Gasteiger partial charge < -0.3 is 20.9 Å². The highest BCUT2D eigenvalue weighted by Crippen LogP contribution is 2.26. The van der Waals surface area contributed by atoms with Crippen molar-refractivity contribution in [2.24, 2.45) is 0 Å². The van der Waals surface area contributed by atoms with Gasteiger partial charge in [0.1, 0.15) is 11.5 Å². The molecule has 1 amide bonds. The number of ether oxygens (including phenoxy) is 1. The number of nitrogens with one attached hydrogen (secondary N) is 1. The largest absolute Gasteiger partial charge is 0.507 e. The van der Waals surface area contributed by atoms with Gasteiger partial charge in [-0.05, 0) is 36.4 Å². The second-order valence-electron chi connectivity index (χ2n) is 4.07. The van der Waals surface area contributed by atoms with E-state index in [0.29, 0.717) is 22.1 Å². The molecule has 2 rings (SSSR count). The number of carbonyl (C=O) groups is 1. The molecule has 0 aliphatic heterocycles. The number of phenolic OH excluding ortho intramolecular Hbond substituents is 1. The number of nitrogens with two attached hydrogens (primary N) is 1. The van der Waals surface area contributed by atoms with Gasteiger partial charge in [0, 0.05) is 10.7 Å². The lowest BCUT2D eigenvalue weighted by atomic mass is 10.1. The Hall–Kier alpha value is -2.40. The summed E-state index contributed by atoms with van der Waals surface area (Å²) in [5, 5.41) is 12.6. The van der Waals surface area contributed by atoms with Crippen LogP contribution in [0.3, 0.4) is 0 Å². The number of amides is 1. The van der Waals surface area contributed by atoms with Crippen LogP contribution in [0.4, 0.5) is 11.4 Å². The van der Waals surface area contributed by atoms with Crippen LogP contribution < -0.4 is 15.8 Å². The van der Waals surface area contributed by atoms with E-state index < -0.39 is 5.91 Å². The fourth-order valence-electron chi connectivity index (χ4n) is 1.70. The molecule has 0 aliphatic rings. The summed E-state index contributed by atoms with van der Waals surface area (Å²) in [5.74, 6) is -0.100. The zero-order valence-corrected chi connectivity index (χ0v) is 11.4. The summed E-state index contributed by atoms with van der Waals surface area (Å²) in [6.07, 6.45) is 0. The number of nitrogen functional groups attached to an aromatic ring is 1. The van der Waals surface area contributed by atoms with Gasteiger partial charge in [-0.2, -0.15) is 0 Å². The van der Waals surface area contributed by atoms with E-state index in [0.717, 1.165) is 0 Å². The number of benzene rings is 2. The van der Waals surface area contributed by atoms with Crippen LogP contribution in [0, 0.1) is 0 Å². The Balaban J connectivity index is 2.23. The third-order valence-electron chi connectivity index (χ3n) is 2.69. The number of aromatic hydroxyl groups is 1. The number of methoxy groups -OCH3 is 1. The summed E-state index contributed by atoms with van der Waals surface area (Å²) in [7, 11) is 1.51. The van der Waals surface area contributed by atoms with Crippen molar-refractivity contribution in [3.8, 4) is 11.5 Å². The third kappa shape index (κ3) is 2.95. The fraction of sp³-hybridized carbons (Fsp3) is 0.0714. The van der Waals surface area contributed by atoms with E-state index in [4.69, 9.17) is 22.1 Å². The number of anilines is 2. The topological polar surface area (TPSA) is 84.6 Å². The predicted molar refractivity (Wildman–Crippen MR) is 78.5 cm³/mol. The lowest BCUT2D eigenvalue weighted by molar-refractivity contribution is 0.102. The fourth-order valence-corrected chi connectivity index (χ4v) is 1.87. The van der Waals surface area contributed by atoms with E-state index in [1.807, 2.05) is 0 Å². The number of carbonyl (C=O) groups excluding carboxylic acids is 1. The van der Waals surface area contributed by atoms with Crippen molar-refractivity contribution in [2.45, 2.75) is 0 Å². The SMILES string of the molecule is COc1ccc(NC(=O)c2cc(Cl)ccc2O)cc1N. The average molecular weight is 293 g/mol. The van der Waals surface area contributed by atoms with Gasteiger partial charge in [0.05, 0.1) is 18.4 Å². The maximum atomic E-state index is 12.1. The molecule has 0 unspecified atom stereocenters. The quantitative estimate of drug-likeness (QED) is 0.759. The molecule has 20 heavy (non-hydrogen) atoms. The van der Waals surface area contributed by atoms with E-state index in [-0.39, 0.29) is 11.3 Å². The number of hydrogen-bond donors (Lipinski definition) is 3. The minimum Gasteiger partial charge on any atom is -0.507 e. The van der Waals surface area contributed by atoms with E-state index in [2.05, 4.69) is 5.32 Å². The first kappa shape index (κ1) is 14.0. The lowest BCUT2D eigenvalue weighted by Crippen LogP contribution is -2.12. The van der Waals surface area contributed by atoms with E-state index in [1.165, 1.54) is 25.3 Å². The van der Waals surface area contributed by atoms with Gasteiger partial charge in [-0.25, -0.2) is 0 Å². The molecule has 5 nitrogen and oxygen atoms in total. The van der Waals surface area contributed by atoms with Gasteiger partial charge in [-0.3, -0.25) is 4.79 Å². The van der Waals surface area contributed by atoms with Crippen LogP contribution >= 0.6 is 11.6 Å². The molecule has 0 heterocycles. The van der Waals surface area contributed by atoms with Gasteiger partial charge in [0.15, 0.2) is 0 Å². The van der Waals surface area contributed by atoms with Gasteiger partial charge in [0.2, 0.25) is 0 Å². The standard InChI is InChI=1S/C14H13ClN2O3/c1-20-13-5-3-9(7-11(13)16)17-14(19)10-6-8(15)2-4-12(10)18/h2-7,18H,16H2,1H3,(H,17,19). The highest BCUT2D eigenvalue weighted by atomic mass is 35.5. The van der Waals surface area contributed by atoms with Crippen molar-refractivity contribution in [1.82, 2.24) is 0 Å². The van der Waals surface area contributed by atoms with E-state index in [9.17, 15) is 9.90 Å². The minimum atomic E-state index is -0.477. The Morgan fingerprint density at radius 3 is 2.70 bits per heavy atom. The molecule has 0 spiro atoms. The molecule has 0 atom stereocenters. The number of hydrogen-bond acceptors (Lipinski definition) is 4. The smallest absolute Gasteiger partial charge is 0.259 e. The highest BCUT2D eigenvalue weighted by Gasteiger charge is 2.12. The maximum Gasteiger partial charge on any atom is 0.259 e. The van der Waals surface area contributed by atoms with Crippen molar-refractivity contribution in [1.29, 1.82) is 0 Å². The Kier molecular flexibility index (Phi) is 4.00. The molecule has 0 radical (unpaired) electrons. The first-order valence-electron chi connectivity index (χ1n) is 5.74. The molecule has 6 heteroatoms. The zero-order chi connectivity index (χ0) is 14.7. The summed E-state index contributed by atoms with van der Waals surface area (Å²) in [4.78, 5) is 12.1. The van der Waals surface area contributed by atoms with Gasteiger partial charge >= 0.3 is 0 Å². The Labute approximate surface area is 120 Å². The molecule has 0 saturated carbocycles. The van der Waals surface area contributed by atoms with Gasteiger partial charge in [-0.1, -0.05) is 11.6 Å². The number of rotatable bonds is 3. The molecule has 0 aliphatic carbocycles. The first-order valence-corrected chi connectivity index (χ1v) is 6.12. The maximum absolute atomic E-state index is 12.1. The summed E-state index contributed by atoms with van der Waals surface area (Å²) in [6.45, 7) is 0. The van der Waals surface area contributed by atoms with Crippen LogP contribution in [-0.4, -0.2) is 18.1 Å². The molecule has 0 fully saturated rings. The average Bonchev–Trinajstić information content (AvgIpc) is 2.41. The molecule has 104 valence electrons. The van der Waals surface area contributed by atoms with E-state index in [1.54, 1.807) is 18.2 Å². The van der Waals surface area contributed by atoms with Crippen molar-refractivity contribution in [3.63, 3.8) is 0 Å². The van der Waals surface area contributed by atoms with Gasteiger partial charge in [0.25, 0.3) is 5.91 Å². The molecular formula is C14H13ClN2O3. The van der Waals surface area contributed by atoms with Crippen LogP contribution in [0.1, 0.15) is 10.4 Å². The second-order valence-corrected chi connectivity index (χ2v) is 4.51. The molecule has 0 aromatic heterocycles. The first-order chi connectivity index (χ1) is 9.51. The zero-order valence-electron chi connectivity index (χ0n) is 10.7. The van der Waals surface area contributed by atoms with Gasteiger partial charge in [-0.15, -0.1) is 0 Å². The lowest BCUT2D eigenvalue weighted by Gasteiger charge is -2.09. The summed E-state index contributed by atoms with van der Waals surface area (Å²) < 4.78 is 5.03. The number of halogens is 1. The molecule has 4 N–H and O–H groups in total. The summed E-state index contributed by atoms with van der Waals surface area (Å²) >= 11 is 5.80. The van der Waals surface area contributed by atoms with E-state index >= 15 is 0 Å². The van der Waals surface area contributed by atoms with Crippen LogP contribution in [0.5, 0.6) is 11.5 Å². The molecule has 2 aromatic carbocycles. The predicted octanol–water partition coefficient (Wildman–Crippen LogP) is 2.89. The molecule has 0 bridgehead atoms. The minimum absolute atomic E-state index is 0.0897. The van der Waals surface area contributed by atoms with Crippen molar-refractivity contribution < 1.29 is 14.6 Å². The van der Waals surface area contributed by atoms with Crippen molar-refractivity contribution >= 4 is 28.9 Å². The Bertz CT molecular complexity index is 659. The second kappa shape index (κ2) is 5.71. The monoisotopic (exact) mass is 292 g/mol. The van der Waals surface area contributed by atoms with Crippen LogP contribution in [0.25, 0.3) is 0 Å². The Morgan fingerprint density at radius 2 is 2.05 bits per heavy atom. The van der Waals surface area contributed by atoms with Crippen LogP contribution in [0.2, 0.25) is 5.02 Å².